The van der Waals surface area contributed by atoms with E-state index in [9.17, 15) is 0 Å². The number of halogens is 1. The molecule has 0 aliphatic rings. The van der Waals surface area contributed by atoms with E-state index >= 15 is 0 Å². The van der Waals surface area contributed by atoms with Crippen LogP contribution >= 0.6 is 11.6 Å². The molecule has 2 rings (SSSR count). The van der Waals surface area contributed by atoms with Crippen molar-refractivity contribution in [2.75, 3.05) is 13.6 Å². The molecule has 2 nitrogen and oxygen atoms in total. The van der Waals surface area contributed by atoms with Gasteiger partial charge in [0.25, 0.3) is 0 Å². The van der Waals surface area contributed by atoms with Gasteiger partial charge in [-0.3, -0.25) is 0 Å². The summed E-state index contributed by atoms with van der Waals surface area (Å²) >= 11 is 6.40. The first-order chi connectivity index (χ1) is 10.5. The molecular weight excluding hydrogens is 292 g/mol. The van der Waals surface area contributed by atoms with Crippen molar-refractivity contribution in [3.05, 3.63) is 63.7 Å². The van der Waals surface area contributed by atoms with Crippen molar-refractivity contribution < 1.29 is 0 Å². The van der Waals surface area contributed by atoms with E-state index < -0.39 is 0 Å². The highest BCUT2D eigenvalue weighted by molar-refractivity contribution is 6.33. The van der Waals surface area contributed by atoms with E-state index in [0.717, 1.165) is 18.7 Å². The molecule has 0 heterocycles. The minimum atomic E-state index is 0.704. The molecule has 0 aliphatic carbocycles. The summed E-state index contributed by atoms with van der Waals surface area (Å²) in [6, 6.07) is 12.6. The summed E-state index contributed by atoms with van der Waals surface area (Å²) in [6.07, 6.45) is 2.72. The van der Waals surface area contributed by atoms with E-state index in [1.165, 1.54) is 22.3 Å². The van der Waals surface area contributed by atoms with Gasteiger partial charge in [0.2, 0.25) is 0 Å². The summed E-state index contributed by atoms with van der Waals surface area (Å²) < 4.78 is 0. The van der Waals surface area contributed by atoms with Gasteiger partial charge in [-0.2, -0.15) is 0 Å². The lowest BCUT2D eigenvalue weighted by Gasteiger charge is -2.12. The van der Waals surface area contributed by atoms with Crippen LogP contribution in [0.15, 0.2) is 41.4 Å². The summed E-state index contributed by atoms with van der Waals surface area (Å²) in [6.45, 7) is 7.27. The van der Waals surface area contributed by atoms with Gasteiger partial charge in [-0.25, -0.2) is 4.99 Å². The van der Waals surface area contributed by atoms with Gasteiger partial charge < -0.3 is 4.90 Å². The Balaban J connectivity index is 2.27. The van der Waals surface area contributed by atoms with Crippen LogP contribution in [0.5, 0.6) is 0 Å². The molecule has 116 valence electrons. The Bertz CT molecular complexity index is 677. The van der Waals surface area contributed by atoms with Crippen LogP contribution in [0.25, 0.3) is 0 Å². The predicted octanol–water partition coefficient (Wildman–Crippen LogP) is 5.16. The van der Waals surface area contributed by atoms with E-state index in [4.69, 9.17) is 11.6 Å². The van der Waals surface area contributed by atoms with E-state index in [0.29, 0.717) is 5.02 Å². The van der Waals surface area contributed by atoms with E-state index in [2.05, 4.69) is 56.1 Å². The average Bonchev–Trinajstić information content (AvgIpc) is 2.51. The zero-order chi connectivity index (χ0) is 16.1. The molecule has 0 saturated carbocycles. The van der Waals surface area contributed by atoms with E-state index in [-0.39, 0.29) is 0 Å². The largest absolute Gasteiger partial charge is 0.366 e. The van der Waals surface area contributed by atoms with Crippen LogP contribution in [0.1, 0.15) is 29.2 Å². The summed E-state index contributed by atoms with van der Waals surface area (Å²) in [5, 5.41) is 0.704. The highest BCUT2D eigenvalue weighted by Crippen LogP contribution is 2.29. The summed E-state index contributed by atoms with van der Waals surface area (Å²) in [4.78, 5) is 6.49. The van der Waals surface area contributed by atoms with Gasteiger partial charge in [0.05, 0.1) is 17.0 Å². The number of nitrogens with zero attached hydrogens (tertiary/aromatic N) is 2. The zero-order valence-corrected chi connectivity index (χ0v) is 14.5. The molecule has 0 aliphatic heterocycles. The Hall–Kier alpha value is -1.80. The van der Waals surface area contributed by atoms with Crippen molar-refractivity contribution >= 4 is 23.6 Å². The molecule has 0 atom stereocenters. The van der Waals surface area contributed by atoms with Gasteiger partial charge in [-0.05, 0) is 61.6 Å². The molecule has 2 aromatic rings. The first kappa shape index (κ1) is 16.6. The van der Waals surface area contributed by atoms with Crippen LogP contribution in [0.4, 0.5) is 5.69 Å². The third kappa shape index (κ3) is 4.11. The van der Waals surface area contributed by atoms with Gasteiger partial charge in [0.15, 0.2) is 0 Å². The lowest BCUT2D eigenvalue weighted by Crippen LogP contribution is -2.14. The minimum absolute atomic E-state index is 0.704. The quantitative estimate of drug-likeness (QED) is 0.550. The van der Waals surface area contributed by atoms with Gasteiger partial charge >= 0.3 is 0 Å². The first-order valence-corrected chi connectivity index (χ1v) is 7.97. The number of hydrogen-bond acceptors (Lipinski definition) is 1. The van der Waals surface area contributed by atoms with E-state index in [1.54, 1.807) is 0 Å². The second-order valence-corrected chi connectivity index (χ2v) is 6.06. The molecule has 0 radical (unpaired) electrons. The lowest BCUT2D eigenvalue weighted by atomic mass is 9.97. The van der Waals surface area contributed by atoms with Gasteiger partial charge in [-0.15, -0.1) is 0 Å². The Morgan fingerprint density at radius 2 is 1.82 bits per heavy atom. The molecule has 0 aromatic heterocycles. The van der Waals surface area contributed by atoms with Crippen molar-refractivity contribution in [2.45, 2.75) is 27.2 Å². The number of aryl methyl sites for hydroxylation is 2. The smallest absolute Gasteiger partial charge is 0.0910 e. The van der Waals surface area contributed by atoms with Crippen molar-refractivity contribution in [3.8, 4) is 0 Å². The lowest BCUT2D eigenvalue weighted by molar-refractivity contribution is 0.552. The van der Waals surface area contributed by atoms with Crippen LogP contribution in [0.2, 0.25) is 5.02 Å². The Morgan fingerprint density at radius 1 is 1.09 bits per heavy atom. The third-order valence-corrected chi connectivity index (χ3v) is 4.24. The SMILES string of the molecule is CCN(C)/C=N\c1cc(C)c(Cc2ccccc2C)cc1Cl. The van der Waals surface area contributed by atoms with Crippen molar-refractivity contribution in [2.24, 2.45) is 4.99 Å². The average molecular weight is 315 g/mol. The van der Waals surface area contributed by atoms with Gasteiger partial charge in [-0.1, -0.05) is 35.9 Å². The van der Waals surface area contributed by atoms with Crippen molar-refractivity contribution in [1.29, 1.82) is 0 Å². The molecule has 0 unspecified atom stereocenters. The summed E-state index contributed by atoms with van der Waals surface area (Å²) in [5.74, 6) is 0. The Morgan fingerprint density at radius 3 is 2.50 bits per heavy atom. The molecular formula is C19H23ClN2. The second-order valence-electron chi connectivity index (χ2n) is 5.65. The van der Waals surface area contributed by atoms with Crippen molar-refractivity contribution in [1.82, 2.24) is 4.90 Å². The molecule has 22 heavy (non-hydrogen) atoms. The monoisotopic (exact) mass is 314 g/mol. The summed E-state index contributed by atoms with van der Waals surface area (Å²) in [7, 11) is 2.00. The Labute approximate surface area is 138 Å². The van der Waals surface area contributed by atoms with E-state index in [1.807, 2.05) is 24.4 Å². The van der Waals surface area contributed by atoms with Crippen LogP contribution in [-0.4, -0.2) is 24.8 Å². The molecule has 0 amide bonds. The molecule has 3 heteroatoms. The molecule has 0 fully saturated rings. The molecule has 0 N–H and O–H groups in total. The fraction of sp³-hybridized carbons (Fsp3) is 0.316. The normalized spacial score (nSPS) is 11.1. The summed E-state index contributed by atoms with van der Waals surface area (Å²) in [5.41, 5.74) is 5.95. The zero-order valence-electron chi connectivity index (χ0n) is 13.7. The topological polar surface area (TPSA) is 15.6 Å². The van der Waals surface area contributed by atoms with Crippen molar-refractivity contribution in [3.63, 3.8) is 0 Å². The molecule has 2 aromatic carbocycles. The second kappa shape index (κ2) is 7.46. The van der Waals surface area contributed by atoms with Gasteiger partial charge in [0, 0.05) is 13.6 Å². The van der Waals surface area contributed by atoms with Crippen LogP contribution in [0, 0.1) is 13.8 Å². The number of hydrogen-bond donors (Lipinski definition) is 0. The maximum Gasteiger partial charge on any atom is 0.0910 e. The van der Waals surface area contributed by atoms with Crippen LogP contribution in [0.3, 0.4) is 0 Å². The van der Waals surface area contributed by atoms with Crippen LogP contribution < -0.4 is 0 Å². The number of benzene rings is 2. The maximum absolute atomic E-state index is 6.40. The highest BCUT2D eigenvalue weighted by atomic mass is 35.5. The van der Waals surface area contributed by atoms with Crippen LogP contribution in [-0.2, 0) is 6.42 Å². The van der Waals surface area contributed by atoms with Gasteiger partial charge in [0.1, 0.15) is 0 Å². The third-order valence-electron chi connectivity index (χ3n) is 3.94. The maximum atomic E-state index is 6.40. The Kier molecular flexibility index (Phi) is 5.62. The number of aliphatic imine (C=N–C) groups is 1. The predicted molar refractivity (Wildman–Crippen MR) is 96.6 cm³/mol. The number of rotatable bonds is 5. The highest BCUT2D eigenvalue weighted by Gasteiger charge is 2.07. The first-order valence-electron chi connectivity index (χ1n) is 7.59. The fourth-order valence-electron chi connectivity index (χ4n) is 2.25. The minimum Gasteiger partial charge on any atom is -0.366 e. The molecule has 0 spiro atoms. The standard InChI is InChI=1S/C19H23ClN2/c1-5-22(4)13-21-19-10-15(3)17(12-18(19)20)11-16-9-7-6-8-14(16)2/h6-10,12-13H,5,11H2,1-4H3/b21-13-. The molecule has 0 saturated heterocycles. The molecule has 0 bridgehead atoms. The fourth-order valence-corrected chi connectivity index (χ4v) is 2.49.